The first-order valence-electron chi connectivity index (χ1n) is 3.69. The SMILES string of the molecule is CSc1nc2c(C#N)cccc2o1. The van der Waals surface area contributed by atoms with Gasteiger partial charge in [-0.05, 0) is 18.4 Å². The summed E-state index contributed by atoms with van der Waals surface area (Å²) < 4.78 is 5.36. The molecule has 0 saturated heterocycles. The lowest BCUT2D eigenvalue weighted by atomic mass is 10.2. The molecule has 0 amide bonds. The predicted molar refractivity (Wildman–Crippen MR) is 50.5 cm³/mol. The summed E-state index contributed by atoms with van der Waals surface area (Å²) in [5.41, 5.74) is 1.87. The number of aromatic nitrogens is 1. The Morgan fingerprint density at radius 2 is 2.38 bits per heavy atom. The van der Waals surface area contributed by atoms with Gasteiger partial charge in [-0.3, -0.25) is 0 Å². The zero-order valence-corrected chi connectivity index (χ0v) is 7.76. The second-order valence-electron chi connectivity index (χ2n) is 2.45. The van der Waals surface area contributed by atoms with Crippen LogP contribution in [0.5, 0.6) is 0 Å². The van der Waals surface area contributed by atoms with Crippen LogP contribution < -0.4 is 0 Å². The summed E-state index contributed by atoms with van der Waals surface area (Å²) >= 11 is 1.43. The lowest BCUT2D eigenvalue weighted by Gasteiger charge is -1.86. The van der Waals surface area contributed by atoms with Gasteiger partial charge >= 0.3 is 0 Å². The van der Waals surface area contributed by atoms with Crippen molar-refractivity contribution in [3.8, 4) is 6.07 Å². The van der Waals surface area contributed by atoms with Gasteiger partial charge in [0.2, 0.25) is 0 Å². The fourth-order valence-corrected chi connectivity index (χ4v) is 1.46. The highest BCUT2D eigenvalue weighted by Crippen LogP contribution is 2.23. The maximum Gasteiger partial charge on any atom is 0.256 e. The highest BCUT2D eigenvalue weighted by atomic mass is 32.2. The zero-order valence-electron chi connectivity index (χ0n) is 6.94. The summed E-state index contributed by atoms with van der Waals surface area (Å²) in [6.07, 6.45) is 1.89. The van der Waals surface area contributed by atoms with Crippen LogP contribution in [0.2, 0.25) is 0 Å². The van der Waals surface area contributed by atoms with Crippen molar-refractivity contribution in [2.24, 2.45) is 0 Å². The number of fused-ring (bicyclic) bond motifs is 1. The molecule has 3 nitrogen and oxygen atoms in total. The van der Waals surface area contributed by atoms with Crippen LogP contribution in [0.3, 0.4) is 0 Å². The van der Waals surface area contributed by atoms with E-state index in [-0.39, 0.29) is 0 Å². The number of nitriles is 1. The van der Waals surface area contributed by atoms with Crippen molar-refractivity contribution in [2.45, 2.75) is 5.22 Å². The van der Waals surface area contributed by atoms with Crippen LogP contribution in [-0.4, -0.2) is 11.2 Å². The molecule has 4 heteroatoms. The highest BCUT2D eigenvalue weighted by molar-refractivity contribution is 7.98. The molecular weight excluding hydrogens is 184 g/mol. The van der Waals surface area contributed by atoms with Crippen molar-refractivity contribution < 1.29 is 4.42 Å². The third kappa shape index (κ3) is 1.27. The molecule has 0 radical (unpaired) electrons. The van der Waals surface area contributed by atoms with Crippen LogP contribution in [0.4, 0.5) is 0 Å². The number of hydrogen-bond donors (Lipinski definition) is 0. The standard InChI is InChI=1S/C9H6N2OS/c1-13-9-11-8-6(5-10)3-2-4-7(8)12-9/h2-4H,1H3. The van der Waals surface area contributed by atoms with E-state index in [9.17, 15) is 0 Å². The Morgan fingerprint density at radius 3 is 3.08 bits per heavy atom. The second kappa shape index (κ2) is 3.11. The number of para-hydroxylation sites is 1. The molecule has 13 heavy (non-hydrogen) atoms. The van der Waals surface area contributed by atoms with Gasteiger partial charge in [-0.1, -0.05) is 17.8 Å². The van der Waals surface area contributed by atoms with E-state index in [1.165, 1.54) is 11.8 Å². The van der Waals surface area contributed by atoms with Crippen molar-refractivity contribution in [3.05, 3.63) is 23.8 Å². The molecule has 64 valence electrons. The van der Waals surface area contributed by atoms with Gasteiger partial charge in [0.1, 0.15) is 11.6 Å². The van der Waals surface area contributed by atoms with Gasteiger partial charge in [0.05, 0.1) is 5.56 Å². The molecule has 0 unspecified atom stereocenters. The molecule has 0 atom stereocenters. The molecule has 0 spiro atoms. The fraction of sp³-hybridized carbons (Fsp3) is 0.111. The molecule has 1 aromatic heterocycles. The van der Waals surface area contributed by atoms with Gasteiger partial charge in [-0.15, -0.1) is 0 Å². The first-order valence-corrected chi connectivity index (χ1v) is 4.91. The molecular formula is C9H6N2OS. The largest absolute Gasteiger partial charge is 0.431 e. The van der Waals surface area contributed by atoms with E-state index in [4.69, 9.17) is 9.68 Å². The Balaban J connectivity index is 2.76. The van der Waals surface area contributed by atoms with E-state index in [0.717, 1.165) is 0 Å². The Morgan fingerprint density at radius 1 is 1.54 bits per heavy atom. The third-order valence-corrected chi connectivity index (χ3v) is 2.22. The number of benzene rings is 1. The quantitative estimate of drug-likeness (QED) is 0.648. The minimum Gasteiger partial charge on any atom is -0.431 e. The van der Waals surface area contributed by atoms with Gasteiger partial charge < -0.3 is 4.42 Å². The molecule has 0 aliphatic carbocycles. The molecule has 1 aromatic carbocycles. The van der Waals surface area contributed by atoms with Crippen molar-refractivity contribution in [1.29, 1.82) is 5.26 Å². The third-order valence-electron chi connectivity index (χ3n) is 1.69. The average molecular weight is 190 g/mol. The highest BCUT2D eigenvalue weighted by Gasteiger charge is 2.07. The molecule has 1 heterocycles. The van der Waals surface area contributed by atoms with Crippen LogP contribution >= 0.6 is 11.8 Å². The lowest BCUT2D eigenvalue weighted by molar-refractivity contribution is 0.490. The molecule has 0 fully saturated rings. The molecule has 0 aliphatic rings. The predicted octanol–water partition coefficient (Wildman–Crippen LogP) is 2.42. The number of thioether (sulfide) groups is 1. The molecule has 0 saturated carbocycles. The van der Waals surface area contributed by atoms with Crippen LogP contribution in [0, 0.1) is 11.3 Å². The minimum atomic E-state index is 0.557. The van der Waals surface area contributed by atoms with Gasteiger partial charge in [0, 0.05) is 0 Å². The average Bonchev–Trinajstić information content (AvgIpc) is 2.59. The number of nitrogens with zero attached hydrogens (tertiary/aromatic N) is 2. The van der Waals surface area contributed by atoms with Crippen molar-refractivity contribution in [1.82, 2.24) is 4.98 Å². The normalized spacial score (nSPS) is 10.2. The van der Waals surface area contributed by atoms with E-state index < -0.39 is 0 Å². The maximum atomic E-state index is 8.78. The zero-order chi connectivity index (χ0) is 9.26. The molecule has 2 aromatic rings. The molecule has 2 rings (SSSR count). The fourth-order valence-electron chi connectivity index (χ4n) is 1.11. The molecule has 0 N–H and O–H groups in total. The Hall–Kier alpha value is -1.47. The van der Waals surface area contributed by atoms with Crippen LogP contribution in [0.1, 0.15) is 5.56 Å². The van der Waals surface area contributed by atoms with Crippen LogP contribution in [-0.2, 0) is 0 Å². The summed E-state index contributed by atoms with van der Waals surface area (Å²) in [6.45, 7) is 0. The molecule has 0 aliphatic heterocycles. The minimum absolute atomic E-state index is 0.557. The van der Waals surface area contributed by atoms with Crippen LogP contribution in [0.25, 0.3) is 11.1 Å². The van der Waals surface area contributed by atoms with E-state index >= 15 is 0 Å². The number of hydrogen-bond acceptors (Lipinski definition) is 4. The van der Waals surface area contributed by atoms with Crippen molar-refractivity contribution in [2.75, 3.05) is 6.26 Å². The van der Waals surface area contributed by atoms with E-state index in [1.54, 1.807) is 12.1 Å². The summed E-state index contributed by atoms with van der Waals surface area (Å²) in [6, 6.07) is 7.40. The monoisotopic (exact) mass is 190 g/mol. The van der Waals surface area contributed by atoms with E-state index in [1.807, 2.05) is 12.3 Å². The second-order valence-corrected chi connectivity index (χ2v) is 3.21. The van der Waals surface area contributed by atoms with E-state index in [0.29, 0.717) is 21.9 Å². The number of oxazole rings is 1. The topological polar surface area (TPSA) is 49.8 Å². The van der Waals surface area contributed by atoms with Crippen molar-refractivity contribution >= 4 is 22.9 Å². The van der Waals surface area contributed by atoms with Crippen molar-refractivity contribution in [3.63, 3.8) is 0 Å². The Bertz CT molecular complexity index is 484. The van der Waals surface area contributed by atoms with E-state index in [2.05, 4.69) is 11.1 Å². The maximum absolute atomic E-state index is 8.78. The summed E-state index contributed by atoms with van der Waals surface area (Å²) in [4.78, 5) is 4.18. The van der Waals surface area contributed by atoms with Gasteiger partial charge in [0.25, 0.3) is 5.22 Å². The summed E-state index contributed by atoms with van der Waals surface area (Å²) in [7, 11) is 0. The Kier molecular flexibility index (Phi) is 1.95. The Labute approximate surface area is 79.4 Å². The summed E-state index contributed by atoms with van der Waals surface area (Å²) in [5.74, 6) is 0. The smallest absolute Gasteiger partial charge is 0.256 e. The first-order chi connectivity index (χ1) is 6.35. The van der Waals surface area contributed by atoms with Crippen LogP contribution in [0.15, 0.2) is 27.8 Å². The molecule has 0 bridgehead atoms. The van der Waals surface area contributed by atoms with Gasteiger partial charge in [0.15, 0.2) is 5.58 Å². The van der Waals surface area contributed by atoms with Gasteiger partial charge in [-0.2, -0.15) is 5.26 Å². The lowest BCUT2D eigenvalue weighted by Crippen LogP contribution is -1.76. The first kappa shape index (κ1) is 8.14. The summed E-state index contributed by atoms with van der Waals surface area (Å²) in [5, 5.41) is 9.37. The number of rotatable bonds is 1. The van der Waals surface area contributed by atoms with Gasteiger partial charge in [-0.25, -0.2) is 4.98 Å².